The Morgan fingerprint density at radius 3 is 2.85 bits per heavy atom. The number of benzene rings is 1. The van der Waals surface area contributed by atoms with Crippen LogP contribution in [0.25, 0.3) is 11.4 Å². The summed E-state index contributed by atoms with van der Waals surface area (Å²) in [5.74, 6) is 0.545. The average molecular weight is 384 g/mol. The van der Waals surface area contributed by atoms with Gasteiger partial charge in [-0.3, -0.25) is 9.36 Å². The van der Waals surface area contributed by atoms with E-state index in [1.165, 1.54) is 12.4 Å². The van der Waals surface area contributed by atoms with Crippen molar-refractivity contribution in [1.29, 1.82) is 0 Å². The minimum atomic E-state index is -0.741. The fraction of sp³-hybridized carbons (Fsp3) is 0.263. The summed E-state index contributed by atoms with van der Waals surface area (Å²) in [4.78, 5) is 27.2. The smallest absolute Gasteiger partial charge is 0.255 e. The summed E-state index contributed by atoms with van der Waals surface area (Å²) in [6.45, 7) is 1.63. The predicted molar refractivity (Wildman–Crippen MR) is 103 cm³/mol. The van der Waals surface area contributed by atoms with Gasteiger partial charge < -0.3 is 10.0 Å². The van der Waals surface area contributed by atoms with Gasteiger partial charge in [-0.2, -0.15) is 0 Å². The van der Waals surface area contributed by atoms with Crippen LogP contribution in [0.4, 0.5) is 5.95 Å². The van der Waals surface area contributed by atoms with Gasteiger partial charge >= 0.3 is 0 Å². The summed E-state index contributed by atoms with van der Waals surface area (Å²) in [6.07, 6.45) is 3.11. The van der Waals surface area contributed by atoms with Crippen LogP contribution in [0, 0.1) is 0 Å². The number of aromatic nitrogens is 4. The number of nitrogens with zero attached hydrogens (tertiary/aromatic N) is 5. The largest absolute Gasteiger partial charge is 0.387 e. The molecule has 7 nitrogen and oxygen atoms in total. The maximum Gasteiger partial charge on any atom is 0.255 e. The highest BCUT2D eigenvalue weighted by Crippen LogP contribution is 2.24. The molecule has 1 aliphatic rings. The van der Waals surface area contributed by atoms with Crippen molar-refractivity contribution < 1.29 is 5.11 Å². The molecule has 138 valence electrons. The third-order valence-electron chi connectivity index (χ3n) is 4.55. The molecule has 1 aliphatic heterocycles. The van der Waals surface area contributed by atoms with E-state index in [1.54, 1.807) is 35.0 Å². The molecule has 8 heteroatoms. The van der Waals surface area contributed by atoms with Gasteiger partial charge in [0.25, 0.3) is 5.56 Å². The van der Waals surface area contributed by atoms with Gasteiger partial charge in [0, 0.05) is 30.4 Å². The van der Waals surface area contributed by atoms with Crippen LogP contribution in [0.3, 0.4) is 0 Å². The molecule has 1 N–H and O–H groups in total. The number of fused-ring (bicyclic) bond motifs is 1. The molecule has 4 rings (SSSR count). The number of rotatable bonds is 4. The molecule has 0 saturated carbocycles. The van der Waals surface area contributed by atoms with Crippen molar-refractivity contribution in [1.82, 2.24) is 19.5 Å². The third kappa shape index (κ3) is 3.70. The average Bonchev–Trinajstić information content (AvgIpc) is 2.69. The molecule has 0 bridgehead atoms. The number of anilines is 1. The Labute approximate surface area is 160 Å². The number of β-amino-alcohol motifs (C(OH)–C–C–N with tert-alkyl or cyclic N) is 1. The van der Waals surface area contributed by atoms with Gasteiger partial charge in [0.05, 0.1) is 24.0 Å². The second-order valence-corrected chi connectivity index (χ2v) is 6.83. The Morgan fingerprint density at radius 1 is 1.19 bits per heavy atom. The number of aliphatic hydroxyl groups is 1. The van der Waals surface area contributed by atoms with Gasteiger partial charge in [0.2, 0.25) is 5.95 Å². The van der Waals surface area contributed by atoms with Crippen molar-refractivity contribution in [3.05, 3.63) is 69.9 Å². The Morgan fingerprint density at radius 2 is 2.07 bits per heavy atom. The first-order chi connectivity index (χ1) is 13.1. The van der Waals surface area contributed by atoms with E-state index in [0.717, 1.165) is 12.0 Å². The van der Waals surface area contributed by atoms with Crippen LogP contribution in [0.15, 0.2) is 53.7 Å². The first kappa shape index (κ1) is 17.6. The molecular weight excluding hydrogens is 366 g/mol. The highest BCUT2D eigenvalue weighted by Gasteiger charge is 2.23. The molecule has 1 atom stereocenters. The predicted octanol–water partition coefficient (Wildman–Crippen LogP) is 2.30. The SMILES string of the molecule is O=c1cc(-c2ccncn2)nc2n1CCCN2C[C@@H](O)c1cccc(Cl)c1. The van der Waals surface area contributed by atoms with E-state index < -0.39 is 6.10 Å². The van der Waals surface area contributed by atoms with Crippen LogP contribution in [0.5, 0.6) is 0 Å². The molecule has 1 aromatic carbocycles. The zero-order valence-corrected chi connectivity index (χ0v) is 15.3. The Hall–Kier alpha value is -2.77. The molecule has 0 radical (unpaired) electrons. The molecule has 0 unspecified atom stereocenters. The quantitative estimate of drug-likeness (QED) is 0.744. The third-order valence-corrected chi connectivity index (χ3v) is 4.79. The molecule has 2 aromatic heterocycles. The van der Waals surface area contributed by atoms with E-state index in [9.17, 15) is 9.90 Å². The van der Waals surface area contributed by atoms with E-state index in [1.807, 2.05) is 11.0 Å². The standard InChI is InChI=1S/C19H18ClN5O2/c20-14-4-1-3-13(9-14)17(26)11-24-7-2-8-25-18(27)10-16(23-19(24)25)15-5-6-21-12-22-15/h1,3-6,9-10,12,17,26H,2,7-8,11H2/t17-/m1/s1. The summed E-state index contributed by atoms with van der Waals surface area (Å²) in [6, 6.07) is 10.4. The van der Waals surface area contributed by atoms with Crippen LogP contribution in [-0.2, 0) is 6.54 Å². The molecule has 3 aromatic rings. The van der Waals surface area contributed by atoms with Gasteiger partial charge in [-0.1, -0.05) is 23.7 Å². The fourth-order valence-electron chi connectivity index (χ4n) is 3.24. The van der Waals surface area contributed by atoms with Crippen molar-refractivity contribution in [3.8, 4) is 11.4 Å². The van der Waals surface area contributed by atoms with Gasteiger partial charge in [0.1, 0.15) is 6.33 Å². The van der Waals surface area contributed by atoms with E-state index in [-0.39, 0.29) is 5.56 Å². The van der Waals surface area contributed by atoms with Crippen molar-refractivity contribution >= 4 is 17.5 Å². The zero-order valence-electron chi connectivity index (χ0n) is 14.5. The van der Waals surface area contributed by atoms with Crippen LogP contribution < -0.4 is 10.5 Å². The Bertz CT molecular complexity index is 1010. The maximum absolute atomic E-state index is 12.6. The van der Waals surface area contributed by atoms with Crippen molar-refractivity contribution in [2.45, 2.75) is 19.1 Å². The lowest BCUT2D eigenvalue weighted by atomic mass is 10.1. The summed E-state index contributed by atoms with van der Waals surface area (Å²) in [5, 5.41) is 11.2. The van der Waals surface area contributed by atoms with E-state index in [0.29, 0.717) is 42.0 Å². The van der Waals surface area contributed by atoms with Crippen molar-refractivity contribution in [2.75, 3.05) is 18.0 Å². The first-order valence-corrected chi connectivity index (χ1v) is 9.06. The molecule has 0 saturated heterocycles. The highest BCUT2D eigenvalue weighted by molar-refractivity contribution is 6.30. The molecule has 0 amide bonds. The van der Waals surface area contributed by atoms with Crippen LogP contribution in [0.1, 0.15) is 18.1 Å². The van der Waals surface area contributed by atoms with E-state index in [2.05, 4.69) is 15.0 Å². The molecule has 0 spiro atoms. The van der Waals surface area contributed by atoms with Gasteiger partial charge in [-0.15, -0.1) is 0 Å². The van der Waals surface area contributed by atoms with Gasteiger partial charge in [-0.05, 0) is 30.2 Å². The number of halogens is 1. The van der Waals surface area contributed by atoms with Crippen LogP contribution in [0.2, 0.25) is 5.02 Å². The number of aliphatic hydroxyl groups excluding tert-OH is 1. The summed E-state index contributed by atoms with van der Waals surface area (Å²) >= 11 is 6.03. The summed E-state index contributed by atoms with van der Waals surface area (Å²) in [7, 11) is 0. The lowest BCUT2D eigenvalue weighted by Gasteiger charge is -2.32. The topological polar surface area (TPSA) is 84.1 Å². The summed E-state index contributed by atoms with van der Waals surface area (Å²) in [5.41, 5.74) is 1.69. The fourth-order valence-corrected chi connectivity index (χ4v) is 3.44. The van der Waals surface area contributed by atoms with Gasteiger partial charge in [-0.25, -0.2) is 15.0 Å². The number of hydrogen-bond donors (Lipinski definition) is 1. The van der Waals surface area contributed by atoms with E-state index >= 15 is 0 Å². The highest BCUT2D eigenvalue weighted by atomic mass is 35.5. The second kappa shape index (κ2) is 7.46. The van der Waals surface area contributed by atoms with Crippen molar-refractivity contribution in [3.63, 3.8) is 0 Å². The minimum Gasteiger partial charge on any atom is -0.387 e. The molecule has 0 aliphatic carbocycles. The molecule has 27 heavy (non-hydrogen) atoms. The Kier molecular flexibility index (Phi) is 4.87. The lowest BCUT2D eigenvalue weighted by Crippen LogP contribution is -2.40. The van der Waals surface area contributed by atoms with Crippen molar-refractivity contribution in [2.24, 2.45) is 0 Å². The van der Waals surface area contributed by atoms with Gasteiger partial charge in [0.15, 0.2) is 0 Å². The normalized spacial score (nSPS) is 14.7. The van der Waals surface area contributed by atoms with Crippen LogP contribution in [-0.4, -0.2) is 37.7 Å². The van der Waals surface area contributed by atoms with E-state index in [4.69, 9.17) is 11.6 Å². The van der Waals surface area contributed by atoms with Crippen LogP contribution >= 0.6 is 11.6 Å². The second-order valence-electron chi connectivity index (χ2n) is 6.40. The minimum absolute atomic E-state index is 0.129. The molecule has 0 fully saturated rings. The molecular formula is C19H18ClN5O2. The Balaban J connectivity index is 1.68. The molecule has 3 heterocycles. The number of hydrogen-bond acceptors (Lipinski definition) is 6. The monoisotopic (exact) mass is 383 g/mol. The maximum atomic E-state index is 12.6. The lowest BCUT2D eigenvalue weighted by molar-refractivity contribution is 0.181. The first-order valence-electron chi connectivity index (χ1n) is 8.68. The summed E-state index contributed by atoms with van der Waals surface area (Å²) < 4.78 is 1.64. The zero-order chi connectivity index (χ0) is 18.8.